The number of benzene rings is 1. The smallest absolute Gasteiger partial charge is 0.326 e. The van der Waals surface area contributed by atoms with Gasteiger partial charge in [-0.05, 0) is 31.0 Å². The summed E-state index contributed by atoms with van der Waals surface area (Å²) in [6, 6.07) is 4.36. The fourth-order valence-corrected chi connectivity index (χ4v) is 1.94. The average molecular weight is 314 g/mol. The highest BCUT2D eigenvalue weighted by atomic mass is 35.5. The van der Waals surface area contributed by atoms with E-state index in [1.807, 2.05) is 19.9 Å². The first-order valence-corrected chi connectivity index (χ1v) is 7.23. The van der Waals surface area contributed by atoms with Gasteiger partial charge in [-0.1, -0.05) is 37.4 Å². The second-order valence-corrected chi connectivity index (χ2v) is 5.23. The van der Waals surface area contributed by atoms with Crippen molar-refractivity contribution in [2.45, 2.75) is 39.2 Å². The number of carboxylic acids is 1. The third-order valence-corrected chi connectivity index (χ3v) is 3.24. The summed E-state index contributed by atoms with van der Waals surface area (Å²) < 4.78 is 5.33. The monoisotopic (exact) mass is 313 g/mol. The van der Waals surface area contributed by atoms with Gasteiger partial charge in [-0.25, -0.2) is 4.79 Å². The number of halogens is 1. The number of rotatable bonds is 8. The van der Waals surface area contributed by atoms with Crippen LogP contribution >= 0.6 is 11.6 Å². The molecular weight excluding hydrogens is 294 g/mol. The van der Waals surface area contributed by atoms with Crippen LogP contribution in [0, 0.1) is 6.92 Å². The van der Waals surface area contributed by atoms with Gasteiger partial charge in [0.1, 0.15) is 11.8 Å². The molecule has 0 saturated heterocycles. The molecule has 0 bridgehead atoms. The molecule has 1 aromatic rings. The summed E-state index contributed by atoms with van der Waals surface area (Å²) in [7, 11) is 0. The van der Waals surface area contributed by atoms with Crippen LogP contribution in [0.1, 0.15) is 31.7 Å². The van der Waals surface area contributed by atoms with Gasteiger partial charge in [-0.15, -0.1) is 0 Å². The quantitative estimate of drug-likeness (QED) is 0.774. The zero-order valence-corrected chi connectivity index (χ0v) is 12.9. The van der Waals surface area contributed by atoms with Gasteiger partial charge in [-0.2, -0.15) is 0 Å². The number of hydrogen-bond acceptors (Lipinski definition) is 3. The lowest BCUT2D eigenvalue weighted by molar-refractivity contribution is -0.142. The zero-order valence-electron chi connectivity index (χ0n) is 12.2. The summed E-state index contributed by atoms with van der Waals surface area (Å²) in [4.78, 5) is 22.8. The van der Waals surface area contributed by atoms with Crippen molar-refractivity contribution in [1.29, 1.82) is 0 Å². The Morgan fingerprint density at radius 1 is 1.43 bits per heavy atom. The van der Waals surface area contributed by atoms with E-state index in [2.05, 4.69) is 5.32 Å². The van der Waals surface area contributed by atoms with Gasteiger partial charge < -0.3 is 15.2 Å². The Bertz CT molecular complexity index is 504. The van der Waals surface area contributed by atoms with E-state index in [-0.39, 0.29) is 6.61 Å². The highest BCUT2D eigenvalue weighted by Gasteiger charge is 2.19. The Balaban J connectivity index is 2.52. The Hall–Kier alpha value is -1.75. The van der Waals surface area contributed by atoms with Crippen LogP contribution in [0.2, 0.25) is 5.02 Å². The number of unbranched alkanes of at least 4 members (excludes halogenated alkanes) is 1. The molecule has 0 aromatic heterocycles. The topological polar surface area (TPSA) is 75.6 Å². The number of carbonyl (C=O) groups is 2. The van der Waals surface area contributed by atoms with E-state index >= 15 is 0 Å². The molecule has 0 unspecified atom stereocenters. The van der Waals surface area contributed by atoms with E-state index < -0.39 is 17.9 Å². The summed E-state index contributed by atoms with van der Waals surface area (Å²) in [6.45, 7) is 3.58. The summed E-state index contributed by atoms with van der Waals surface area (Å²) in [5.41, 5.74) is 0.959. The van der Waals surface area contributed by atoms with Crippen LogP contribution < -0.4 is 10.1 Å². The summed E-state index contributed by atoms with van der Waals surface area (Å²) in [5.74, 6) is -1.10. The van der Waals surface area contributed by atoms with Crippen LogP contribution in [0.3, 0.4) is 0 Å². The molecule has 116 valence electrons. The maximum Gasteiger partial charge on any atom is 0.326 e. The molecule has 0 spiro atoms. The molecule has 0 aliphatic rings. The normalized spacial score (nSPS) is 11.8. The molecule has 5 nitrogen and oxygen atoms in total. The lowest BCUT2D eigenvalue weighted by Crippen LogP contribution is -2.42. The van der Waals surface area contributed by atoms with Crippen molar-refractivity contribution >= 4 is 23.5 Å². The fourth-order valence-electron chi connectivity index (χ4n) is 1.77. The van der Waals surface area contributed by atoms with Gasteiger partial charge in [-0.3, -0.25) is 4.79 Å². The number of carboxylic acid groups (broad SMARTS) is 1. The van der Waals surface area contributed by atoms with Crippen LogP contribution in [-0.4, -0.2) is 29.6 Å². The molecule has 0 aliphatic heterocycles. The first kappa shape index (κ1) is 17.3. The SMILES string of the molecule is CCCC[C@H](NC(=O)COc1cc(C)ccc1Cl)C(=O)O. The minimum Gasteiger partial charge on any atom is -0.482 e. The van der Waals surface area contributed by atoms with E-state index in [0.29, 0.717) is 17.2 Å². The molecule has 2 N–H and O–H groups in total. The van der Waals surface area contributed by atoms with Crippen molar-refractivity contribution in [3.05, 3.63) is 28.8 Å². The van der Waals surface area contributed by atoms with Crippen molar-refractivity contribution in [2.75, 3.05) is 6.61 Å². The molecule has 0 radical (unpaired) electrons. The van der Waals surface area contributed by atoms with Crippen molar-refractivity contribution in [3.8, 4) is 5.75 Å². The third-order valence-electron chi connectivity index (χ3n) is 2.93. The Morgan fingerprint density at radius 2 is 2.14 bits per heavy atom. The number of ether oxygens (including phenoxy) is 1. The number of hydrogen-bond donors (Lipinski definition) is 2. The Labute approximate surface area is 129 Å². The van der Waals surface area contributed by atoms with Gasteiger partial charge in [0, 0.05) is 0 Å². The van der Waals surface area contributed by atoms with Gasteiger partial charge in [0.25, 0.3) is 5.91 Å². The van der Waals surface area contributed by atoms with Crippen molar-refractivity contribution < 1.29 is 19.4 Å². The van der Waals surface area contributed by atoms with Crippen LogP contribution in [0.15, 0.2) is 18.2 Å². The predicted molar refractivity (Wildman–Crippen MR) is 80.8 cm³/mol. The standard InChI is InChI=1S/C15H20ClNO4/c1-3-4-5-12(15(19)20)17-14(18)9-21-13-8-10(2)6-7-11(13)16/h6-8,12H,3-5,9H2,1-2H3,(H,17,18)(H,19,20)/t12-/m0/s1. The molecule has 21 heavy (non-hydrogen) atoms. The molecule has 6 heteroatoms. The van der Waals surface area contributed by atoms with E-state index in [1.54, 1.807) is 12.1 Å². The molecule has 1 atom stereocenters. The zero-order chi connectivity index (χ0) is 15.8. The first-order chi connectivity index (χ1) is 9.93. The number of nitrogens with one attached hydrogen (secondary N) is 1. The largest absolute Gasteiger partial charge is 0.482 e. The van der Waals surface area contributed by atoms with E-state index in [4.69, 9.17) is 21.4 Å². The maximum absolute atomic E-state index is 11.7. The molecule has 1 amide bonds. The lowest BCUT2D eigenvalue weighted by atomic mass is 10.1. The molecule has 1 rings (SSSR count). The number of amides is 1. The summed E-state index contributed by atoms with van der Waals surface area (Å²) in [5, 5.41) is 11.9. The summed E-state index contributed by atoms with van der Waals surface area (Å²) in [6.07, 6.45) is 2.01. The Kier molecular flexibility index (Phi) is 7.02. The second-order valence-electron chi connectivity index (χ2n) is 4.82. The summed E-state index contributed by atoms with van der Waals surface area (Å²) >= 11 is 5.95. The highest BCUT2D eigenvalue weighted by molar-refractivity contribution is 6.32. The third kappa shape index (κ3) is 6.04. The maximum atomic E-state index is 11.7. The van der Waals surface area contributed by atoms with Gasteiger partial charge >= 0.3 is 5.97 Å². The predicted octanol–water partition coefficient (Wildman–Crippen LogP) is 2.79. The van der Waals surface area contributed by atoms with Gasteiger partial charge in [0.15, 0.2) is 6.61 Å². The Morgan fingerprint density at radius 3 is 2.76 bits per heavy atom. The van der Waals surface area contributed by atoms with Crippen molar-refractivity contribution in [3.63, 3.8) is 0 Å². The molecule has 1 aromatic carbocycles. The number of aliphatic carboxylic acids is 1. The molecular formula is C15H20ClNO4. The van der Waals surface area contributed by atoms with E-state index in [9.17, 15) is 9.59 Å². The molecule has 0 heterocycles. The van der Waals surface area contributed by atoms with E-state index in [1.165, 1.54) is 0 Å². The lowest BCUT2D eigenvalue weighted by Gasteiger charge is -2.15. The van der Waals surface area contributed by atoms with Gasteiger partial charge in [0.2, 0.25) is 0 Å². The minimum atomic E-state index is -1.04. The van der Waals surface area contributed by atoms with Crippen molar-refractivity contribution in [1.82, 2.24) is 5.32 Å². The van der Waals surface area contributed by atoms with Crippen LogP contribution in [-0.2, 0) is 9.59 Å². The number of aryl methyl sites for hydroxylation is 1. The van der Waals surface area contributed by atoms with Crippen LogP contribution in [0.5, 0.6) is 5.75 Å². The van der Waals surface area contributed by atoms with E-state index in [0.717, 1.165) is 18.4 Å². The van der Waals surface area contributed by atoms with Crippen LogP contribution in [0.25, 0.3) is 0 Å². The van der Waals surface area contributed by atoms with Crippen molar-refractivity contribution in [2.24, 2.45) is 0 Å². The molecule has 0 fully saturated rings. The van der Waals surface area contributed by atoms with Gasteiger partial charge in [0.05, 0.1) is 5.02 Å². The van der Waals surface area contributed by atoms with Crippen LogP contribution in [0.4, 0.5) is 0 Å². The average Bonchev–Trinajstić information content (AvgIpc) is 2.44. The fraction of sp³-hybridized carbons (Fsp3) is 0.467. The highest BCUT2D eigenvalue weighted by Crippen LogP contribution is 2.25. The molecule has 0 aliphatic carbocycles. The first-order valence-electron chi connectivity index (χ1n) is 6.85. The molecule has 0 saturated carbocycles. The number of carbonyl (C=O) groups excluding carboxylic acids is 1. The minimum absolute atomic E-state index is 0.265. The second kappa shape index (κ2) is 8.52.